The third-order valence-electron chi connectivity index (χ3n) is 7.62. The van der Waals surface area contributed by atoms with Crippen LogP contribution in [0, 0.1) is 0 Å². The molecule has 4 aromatic rings. The van der Waals surface area contributed by atoms with Crippen LogP contribution in [0.25, 0.3) is 17.1 Å². The van der Waals surface area contributed by atoms with Crippen LogP contribution in [0.3, 0.4) is 0 Å². The van der Waals surface area contributed by atoms with Crippen molar-refractivity contribution in [2.45, 2.75) is 57.1 Å². The number of likely N-dealkylation sites (tertiary alicyclic amines) is 1. The standard InChI is InChI=1S/C29H27ClF3N9O5/c30-17-5-3-16(4-6-17)24-38-41(28(47)40(24)14-22(44)29(31,32)33)15-23-36-25(27(46)39-11-1-2-19(43)13-39)42(37-23)21-12-34-10-9-20(21)26(45)35-18-7-8-18/h3-6,9-10,12,18,22,44H,1-2,7-8,11,13-15H2,(H,35,45)/t22-/m0/s1. The number of pyridine rings is 1. The first-order valence-electron chi connectivity index (χ1n) is 14.6. The van der Waals surface area contributed by atoms with Gasteiger partial charge in [-0.05, 0) is 49.6 Å². The van der Waals surface area contributed by atoms with Crippen molar-refractivity contribution in [3.8, 4) is 17.1 Å². The number of nitrogens with zero attached hydrogens (tertiary/aromatic N) is 8. The summed E-state index contributed by atoms with van der Waals surface area (Å²) in [4.78, 5) is 62.2. The van der Waals surface area contributed by atoms with Gasteiger partial charge in [-0.1, -0.05) is 11.6 Å². The summed E-state index contributed by atoms with van der Waals surface area (Å²) in [7, 11) is 0. The Bertz CT molecular complexity index is 1900. The molecular formula is C29H27ClF3N9O5. The smallest absolute Gasteiger partial charge is 0.382 e. The number of carbonyl (C=O) groups is 3. The molecule has 2 fully saturated rings. The fraction of sp³-hybridized carbons (Fsp3) is 0.379. The summed E-state index contributed by atoms with van der Waals surface area (Å²) in [5, 5.41) is 21.6. The molecule has 1 saturated heterocycles. The number of alkyl halides is 3. The molecule has 1 atom stereocenters. The van der Waals surface area contributed by atoms with Gasteiger partial charge in [0.1, 0.15) is 6.54 Å². The van der Waals surface area contributed by atoms with Crippen LogP contribution in [0.5, 0.6) is 0 Å². The van der Waals surface area contributed by atoms with Crippen molar-refractivity contribution in [3.05, 3.63) is 75.4 Å². The number of hydrogen-bond donors (Lipinski definition) is 2. The van der Waals surface area contributed by atoms with Crippen molar-refractivity contribution in [1.82, 2.24) is 44.3 Å². The molecule has 18 heteroatoms. The molecule has 246 valence electrons. The third kappa shape index (κ3) is 6.95. The predicted molar refractivity (Wildman–Crippen MR) is 158 cm³/mol. The highest BCUT2D eigenvalue weighted by molar-refractivity contribution is 6.30. The molecule has 4 heterocycles. The maximum absolute atomic E-state index is 13.7. The van der Waals surface area contributed by atoms with Crippen molar-refractivity contribution in [2.75, 3.05) is 13.1 Å². The van der Waals surface area contributed by atoms with Crippen molar-refractivity contribution >= 4 is 29.2 Å². The number of halogens is 4. The number of amides is 2. The molecule has 2 N–H and O–H groups in total. The zero-order valence-corrected chi connectivity index (χ0v) is 25.3. The fourth-order valence-corrected chi connectivity index (χ4v) is 5.18. The molecular weight excluding hydrogens is 647 g/mol. The van der Waals surface area contributed by atoms with Crippen LogP contribution >= 0.6 is 11.6 Å². The van der Waals surface area contributed by atoms with E-state index in [0.29, 0.717) is 22.4 Å². The van der Waals surface area contributed by atoms with Gasteiger partial charge in [0, 0.05) is 35.8 Å². The number of ketones is 1. The van der Waals surface area contributed by atoms with Gasteiger partial charge in [-0.2, -0.15) is 13.2 Å². The number of aromatic nitrogens is 7. The zero-order valence-electron chi connectivity index (χ0n) is 24.5. The molecule has 1 aliphatic carbocycles. The van der Waals surface area contributed by atoms with Crippen molar-refractivity contribution in [3.63, 3.8) is 0 Å². The molecule has 3 aromatic heterocycles. The first-order chi connectivity index (χ1) is 22.4. The van der Waals surface area contributed by atoms with E-state index in [1.165, 1.54) is 47.6 Å². The maximum Gasteiger partial charge on any atom is 0.416 e. The Hall–Kier alpha value is -4.90. The summed E-state index contributed by atoms with van der Waals surface area (Å²) < 4.78 is 42.5. The van der Waals surface area contributed by atoms with Crippen LogP contribution in [-0.4, -0.2) is 93.1 Å². The highest BCUT2D eigenvalue weighted by Gasteiger charge is 2.39. The molecule has 14 nitrogen and oxygen atoms in total. The second kappa shape index (κ2) is 12.7. The van der Waals surface area contributed by atoms with E-state index in [1.54, 1.807) is 0 Å². The number of aliphatic hydroxyl groups is 1. The van der Waals surface area contributed by atoms with Gasteiger partial charge in [0.2, 0.25) is 5.82 Å². The fourth-order valence-electron chi connectivity index (χ4n) is 5.05. The van der Waals surface area contributed by atoms with E-state index in [2.05, 4.69) is 25.5 Å². The van der Waals surface area contributed by atoms with Crippen molar-refractivity contribution in [1.29, 1.82) is 0 Å². The molecule has 2 aliphatic rings. The third-order valence-corrected chi connectivity index (χ3v) is 7.87. The van der Waals surface area contributed by atoms with E-state index in [0.717, 1.165) is 22.2 Å². The van der Waals surface area contributed by atoms with Crippen LogP contribution < -0.4 is 11.0 Å². The first-order valence-corrected chi connectivity index (χ1v) is 15.0. The molecule has 0 spiro atoms. The topological polar surface area (TPSA) is 170 Å². The lowest BCUT2D eigenvalue weighted by Crippen LogP contribution is -2.41. The minimum atomic E-state index is -5.02. The van der Waals surface area contributed by atoms with E-state index in [4.69, 9.17) is 11.6 Å². The van der Waals surface area contributed by atoms with E-state index < -0.39 is 42.9 Å². The summed E-state index contributed by atoms with van der Waals surface area (Å²) in [6, 6.07) is 7.28. The quantitative estimate of drug-likeness (QED) is 0.270. The average Bonchev–Trinajstić information content (AvgIpc) is 3.68. The van der Waals surface area contributed by atoms with Crippen LogP contribution in [0.1, 0.15) is 52.5 Å². The molecule has 1 saturated carbocycles. The largest absolute Gasteiger partial charge is 0.416 e. The average molecular weight is 674 g/mol. The van der Waals surface area contributed by atoms with E-state index in [9.17, 15) is 37.5 Å². The van der Waals surface area contributed by atoms with Gasteiger partial charge in [-0.15, -0.1) is 10.2 Å². The van der Waals surface area contributed by atoms with Crippen LogP contribution in [-0.2, 0) is 17.9 Å². The van der Waals surface area contributed by atoms with Crippen molar-refractivity contribution < 1.29 is 32.7 Å². The van der Waals surface area contributed by atoms with Crippen molar-refractivity contribution in [2.24, 2.45) is 0 Å². The van der Waals surface area contributed by atoms with Gasteiger partial charge in [0.05, 0.1) is 30.5 Å². The molecule has 1 aromatic carbocycles. The number of rotatable bonds is 9. The lowest BCUT2D eigenvalue weighted by Gasteiger charge is -2.25. The highest BCUT2D eigenvalue weighted by atomic mass is 35.5. The first kappa shape index (κ1) is 32.1. The van der Waals surface area contributed by atoms with Gasteiger partial charge >= 0.3 is 11.9 Å². The Morgan fingerprint density at radius 1 is 1.11 bits per heavy atom. The summed E-state index contributed by atoms with van der Waals surface area (Å²) >= 11 is 5.96. The van der Waals surface area contributed by atoms with E-state index in [-0.39, 0.29) is 59.2 Å². The number of benzene rings is 1. The molecule has 6 rings (SSSR count). The summed E-state index contributed by atoms with van der Waals surface area (Å²) in [5.74, 6) is -1.86. The van der Waals surface area contributed by atoms with Gasteiger partial charge in [0.15, 0.2) is 23.5 Å². The molecule has 47 heavy (non-hydrogen) atoms. The monoisotopic (exact) mass is 673 g/mol. The van der Waals surface area contributed by atoms with Gasteiger partial charge in [-0.25, -0.2) is 19.1 Å². The number of piperidine rings is 1. The SMILES string of the molecule is O=C1CCCN(C(=O)c2nc(Cn3nc(-c4ccc(Cl)cc4)n(C[C@H](O)C(F)(F)F)c3=O)nn2-c2cnccc2C(=O)NC2CC2)C1. The minimum absolute atomic E-state index is 0.0166. The Kier molecular flexibility index (Phi) is 8.67. The summed E-state index contributed by atoms with van der Waals surface area (Å²) in [6.45, 7) is -1.54. The number of nitrogens with one attached hydrogen (secondary N) is 1. The van der Waals surface area contributed by atoms with Crippen LogP contribution in [0.2, 0.25) is 5.02 Å². The zero-order chi connectivity index (χ0) is 33.5. The number of carbonyl (C=O) groups excluding carboxylic acids is 3. The van der Waals surface area contributed by atoms with Gasteiger partial charge in [-0.3, -0.25) is 23.9 Å². The number of hydrogen-bond acceptors (Lipinski definition) is 9. The van der Waals surface area contributed by atoms with Crippen LogP contribution in [0.4, 0.5) is 13.2 Å². The maximum atomic E-state index is 13.7. The second-order valence-electron chi connectivity index (χ2n) is 11.2. The number of aliphatic hydroxyl groups excluding tert-OH is 1. The van der Waals surface area contributed by atoms with E-state index >= 15 is 0 Å². The number of Topliss-reactive ketones (excluding diaryl/α,β-unsaturated/α-hetero) is 1. The molecule has 0 radical (unpaired) electrons. The Balaban J connectivity index is 1.42. The van der Waals surface area contributed by atoms with Gasteiger partial charge in [0.25, 0.3) is 11.8 Å². The Morgan fingerprint density at radius 3 is 2.53 bits per heavy atom. The second-order valence-corrected chi connectivity index (χ2v) is 11.6. The summed E-state index contributed by atoms with van der Waals surface area (Å²) in [5.41, 5.74) is -0.538. The van der Waals surface area contributed by atoms with Crippen LogP contribution in [0.15, 0.2) is 47.5 Å². The predicted octanol–water partition coefficient (Wildman–Crippen LogP) is 2.01. The highest BCUT2D eigenvalue weighted by Crippen LogP contribution is 2.25. The molecule has 2 amide bonds. The lowest BCUT2D eigenvalue weighted by atomic mass is 10.1. The molecule has 0 unspecified atom stereocenters. The summed E-state index contributed by atoms with van der Waals surface area (Å²) in [6.07, 6.45) is -2.76. The lowest BCUT2D eigenvalue weighted by molar-refractivity contribution is -0.207. The van der Waals surface area contributed by atoms with Gasteiger partial charge < -0.3 is 15.3 Å². The van der Waals surface area contributed by atoms with E-state index in [1.807, 2.05) is 0 Å². The Morgan fingerprint density at radius 2 is 1.85 bits per heavy atom. The molecule has 0 bridgehead atoms. The minimum Gasteiger partial charge on any atom is -0.382 e. The molecule has 1 aliphatic heterocycles. The Labute approximate surface area is 268 Å². The normalized spacial score (nSPS) is 15.9.